The lowest BCUT2D eigenvalue weighted by Crippen LogP contribution is -2.49. The van der Waals surface area contributed by atoms with Gasteiger partial charge in [0.05, 0.1) is 13.2 Å². The standard InChI is InChI=1S/C22H25FN4O4/c1-2-3-10-31-20-18-22(30)27-9-8-24-17(27)13-26(18)12-16(19(20)28)21(29)25-11-14-4-6-15(23)7-5-14/h4-7,12,17,24H,2-3,8-11,13H2,1H3,(H,25,29). The molecule has 2 N–H and O–H groups in total. The second kappa shape index (κ2) is 8.89. The van der Waals surface area contributed by atoms with E-state index in [9.17, 15) is 18.8 Å². The van der Waals surface area contributed by atoms with Crippen molar-refractivity contribution in [3.05, 3.63) is 63.3 Å². The minimum Gasteiger partial charge on any atom is -0.487 e. The Morgan fingerprint density at radius 3 is 2.81 bits per heavy atom. The van der Waals surface area contributed by atoms with Crippen molar-refractivity contribution in [3.63, 3.8) is 0 Å². The zero-order chi connectivity index (χ0) is 22.0. The van der Waals surface area contributed by atoms with E-state index < -0.39 is 11.3 Å². The van der Waals surface area contributed by atoms with Gasteiger partial charge in [-0.15, -0.1) is 0 Å². The number of carbonyl (C=O) groups is 2. The van der Waals surface area contributed by atoms with E-state index in [1.807, 2.05) is 6.92 Å². The predicted molar refractivity (Wildman–Crippen MR) is 112 cm³/mol. The highest BCUT2D eigenvalue weighted by Crippen LogP contribution is 2.25. The smallest absolute Gasteiger partial charge is 0.275 e. The zero-order valence-electron chi connectivity index (χ0n) is 17.3. The first-order valence-electron chi connectivity index (χ1n) is 10.5. The summed E-state index contributed by atoms with van der Waals surface area (Å²) < 4.78 is 20.5. The number of hydrogen-bond acceptors (Lipinski definition) is 5. The van der Waals surface area contributed by atoms with Gasteiger partial charge in [-0.1, -0.05) is 25.5 Å². The third-order valence-corrected chi connectivity index (χ3v) is 5.54. The summed E-state index contributed by atoms with van der Waals surface area (Å²) in [7, 11) is 0. The summed E-state index contributed by atoms with van der Waals surface area (Å²) >= 11 is 0. The first-order valence-corrected chi connectivity index (χ1v) is 10.5. The molecular weight excluding hydrogens is 403 g/mol. The van der Waals surface area contributed by atoms with Gasteiger partial charge < -0.3 is 19.5 Å². The topological polar surface area (TPSA) is 92.7 Å². The number of fused-ring (bicyclic) bond motifs is 2. The van der Waals surface area contributed by atoms with Crippen LogP contribution in [0.25, 0.3) is 0 Å². The van der Waals surface area contributed by atoms with Crippen molar-refractivity contribution in [2.45, 2.75) is 39.0 Å². The molecule has 2 aromatic rings. The Kier molecular flexibility index (Phi) is 6.03. The van der Waals surface area contributed by atoms with Crippen LogP contribution in [-0.4, -0.2) is 47.1 Å². The summed E-state index contributed by atoms with van der Waals surface area (Å²) in [5, 5.41) is 5.94. The number of nitrogens with zero attached hydrogens (tertiary/aromatic N) is 2. The molecule has 1 unspecified atom stereocenters. The fourth-order valence-corrected chi connectivity index (χ4v) is 3.84. The largest absolute Gasteiger partial charge is 0.487 e. The monoisotopic (exact) mass is 428 g/mol. The number of ether oxygens (including phenoxy) is 1. The summed E-state index contributed by atoms with van der Waals surface area (Å²) in [5.74, 6) is -1.28. The van der Waals surface area contributed by atoms with E-state index >= 15 is 0 Å². The molecule has 0 radical (unpaired) electrons. The Morgan fingerprint density at radius 2 is 2.06 bits per heavy atom. The number of unbranched alkanes of at least 4 members (excludes halogenated alkanes) is 1. The molecule has 31 heavy (non-hydrogen) atoms. The summed E-state index contributed by atoms with van der Waals surface area (Å²) in [6.07, 6.45) is 2.84. The van der Waals surface area contributed by atoms with Gasteiger partial charge in [0.1, 0.15) is 17.5 Å². The summed E-state index contributed by atoms with van der Waals surface area (Å²) in [5.41, 5.74) is 0.207. The van der Waals surface area contributed by atoms with Crippen LogP contribution in [0.1, 0.15) is 46.2 Å². The maximum Gasteiger partial charge on any atom is 0.275 e. The molecule has 1 atom stereocenters. The molecule has 1 aromatic heterocycles. The highest BCUT2D eigenvalue weighted by molar-refractivity contribution is 5.99. The van der Waals surface area contributed by atoms with Crippen LogP contribution >= 0.6 is 0 Å². The Balaban J connectivity index is 1.65. The molecule has 9 heteroatoms. The summed E-state index contributed by atoms with van der Waals surface area (Å²) in [4.78, 5) is 40.7. The van der Waals surface area contributed by atoms with Gasteiger partial charge in [-0.25, -0.2) is 4.39 Å². The first-order chi connectivity index (χ1) is 15.0. The number of rotatable bonds is 7. The van der Waals surface area contributed by atoms with Gasteiger partial charge in [0.15, 0.2) is 11.4 Å². The van der Waals surface area contributed by atoms with Gasteiger partial charge >= 0.3 is 0 Å². The van der Waals surface area contributed by atoms with Crippen molar-refractivity contribution >= 4 is 11.8 Å². The number of carbonyl (C=O) groups excluding carboxylic acids is 2. The molecular formula is C22H25FN4O4. The minimum atomic E-state index is -0.599. The van der Waals surface area contributed by atoms with Crippen molar-refractivity contribution in [1.82, 2.24) is 20.1 Å². The van der Waals surface area contributed by atoms with E-state index in [-0.39, 0.29) is 48.0 Å². The van der Waals surface area contributed by atoms with Crippen molar-refractivity contribution in [2.75, 3.05) is 19.7 Å². The lowest BCUT2D eigenvalue weighted by molar-refractivity contribution is 0.0643. The van der Waals surface area contributed by atoms with Crippen LogP contribution in [0.4, 0.5) is 4.39 Å². The number of halogens is 1. The van der Waals surface area contributed by atoms with E-state index in [2.05, 4.69) is 10.6 Å². The summed E-state index contributed by atoms with van der Waals surface area (Å²) in [6, 6.07) is 5.74. The zero-order valence-corrected chi connectivity index (χ0v) is 17.3. The van der Waals surface area contributed by atoms with Gasteiger partial charge in [0.2, 0.25) is 5.43 Å². The Labute approximate surface area is 179 Å². The maximum atomic E-state index is 13.1. The van der Waals surface area contributed by atoms with Gasteiger partial charge in [-0.2, -0.15) is 0 Å². The van der Waals surface area contributed by atoms with Crippen LogP contribution in [-0.2, 0) is 13.1 Å². The average molecular weight is 428 g/mol. The maximum absolute atomic E-state index is 13.1. The molecule has 164 valence electrons. The average Bonchev–Trinajstić information content (AvgIpc) is 3.23. The molecule has 3 heterocycles. The molecule has 8 nitrogen and oxygen atoms in total. The fraction of sp³-hybridized carbons (Fsp3) is 0.409. The first kappa shape index (κ1) is 21.0. The SMILES string of the molecule is CCCCOc1c2n(cc(C(=O)NCc3ccc(F)cc3)c1=O)CC1NCCN1C2=O. The molecule has 0 bridgehead atoms. The molecule has 0 spiro atoms. The van der Waals surface area contributed by atoms with E-state index in [0.717, 1.165) is 12.8 Å². The molecule has 2 amide bonds. The van der Waals surface area contributed by atoms with Crippen molar-refractivity contribution in [2.24, 2.45) is 0 Å². The minimum absolute atomic E-state index is 0.0711. The van der Waals surface area contributed by atoms with Crippen molar-refractivity contribution < 1.29 is 18.7 Å². The number of pyridine rings is 1. The Bertz CT molecular complexity index is 1050. The number of nitrogens with one attached hydrogen (secondary N) is 2. The highest BCUT2D eigenvalue weighted by atomic mass is 19.1. The third kappa shape index (κ3) is 4.18. The van der Waals surface area contributed by atoms with Gasteiger partial charge in [0.25, 0.3) is 11.8 Å². The van der Waals surface area contributed by atoms with Gasteiger partial charge in [0, 0.05) is 25.8 Å². The van der Waals surface area contributed by atoms with Crippen LogP contribution in [0.5, 0.6) is 5.75 Å². The molecule has 1 fully saturated rings. The fourth-order valence-electron chi connectivity index (χ4n) is 3.84. The van der Waals surface area contributed by atoms with E-state index in [1.54, 1.807) is 21.6 Å². The van der Waals surface area contributed by atoms with Crippen LogP contribution in [0.2, 0.25) is 0 Å². The Morgan fingerprint density at radius 1 is 1.29 bits per heavy atom. The molecule has 2 aliphatic rings. The number of hydrogen-bond donors (Lipinski definition) is 2. The normalized spacial score (nSPS) is 17.3. The molecule has 0 saturated carbocycles. The molecule has 4 rings (SSSR count). The summed E-state index contributed by atoms with van der Waals surface area (Å²) in [6.45, 7) is 4.08. The van der Waals surface area contributed by atoms with E-state index in [0.29, 0.717) is 25.2 Å². The van der Waals surface area contributed by atoms with Crippen molar-refractivity contribution in [1.29, 1.82) is 0 Å². The highest BCUT2D eigenvalue weighted by Gasteiger charge is 2.39. The van der Waals surface area contributed by atoms with E-state index in [1.165, 1.54) is 18.3 Å². The lowest BCUT2D eigenvalue weighted by atomic mass is 10.1. The quantitative estimate of drug-likeness (QED) is 0.652. The van der Waals surface area contributed by atoms with Crippen LogP contribution in [0, 0.1) is 5.82 Å². The lowest BCUT2D eigenvalue weighted by Gasteiger charge is -2.33. The molecule has 1 aromatic carbocycles. The molecule has 0 aliphatic carbocycles. The number of amides is 2. The second-order valence-electron chi connectivity index (χ2n) is 7.68. The van der Waals surface area contributed by atoms with Gasteiger partial charge in [-0.3, -0.25) is 19.7 Å². The predicted octanol–water partition coefficient (Wildman–Crippen LogP) is 1.48. The molecule has 2 aliphatic heterocycles. The Hall–Kier alpha value is -3.20. The molecule has 1 saturated heterocycles. The van der Waals surface area contributed by atoms with Crippen LogP contribution in [0.15, 0.2) is 35.3 Å². The van der Waals surface area contributed by atoms with E-state index in [4.69, 9.17) is 4.74 Å². The van der Waals surface area contributed by atoms with Crippen molar-refractivity contribution in [3.8, 4) is 5.75 Å². The van der Waals surface area contributed by atoms with Crippen LogP contribution < -0.4 is 20.8 Å². The third-order valence-electron chi connectivity index (χ3n) is 5.54. The number of benzene rings is 1. The van der Waals surface area contributed by atoms with Crippen LogP contribution in [0.3, 0.4) is 0 Å². The second-order valence-corrected chi connectivity index (χ2v) is 7.68. The number of aromatic nitrogens is 1. The van der Waals surface area contributed by atoms with Gasteiger partial charge in [-0.05, 0) is 24.1 Å².